The summed E-state index contributed by atoms with van der Waals surface area (Å²) < 4.78 is 11.4. The predicted molar refractivity (Wildman–Crippen MR) is 110 cm³/mol. The number of hydrogen-bond acceptors (Lipinski definition) is 4. The molecule has 2 aromatic carbocycles. The molecule has 0 radical (unpaired) electrons. The number of anilines is 1. The van der Waals surface area contributed by atoms with Gasteiger partial charge in [-0.05, 0) is 60.9 Å². The second-order valence-corrected chi connectivity index (χ2v) is 6.80. The summed E-state index contributed by atoms with van der Waals surface area (Å²) in [7, 11) is 1.65. The maximum Gasteiger partial charge on any atom is 0.161 e. The van der Waals surface area contributed by atoms with Gasteiger partial charge in [-0.25, -0.2) is 4.98 Å². The summed E-state index contributed by atoms with van der Waals surface area (Å²) >= 11 is 5.81. The lowest BCUT2D eigenvalue weighted by molar-refractivity contribution is 0.284. The summed E-state index contributed by atoms with van der Waals surface area (Å²) in [5, 5.41) is 3.92. The van der Waals surface area contributed by atoms with E-state index in [1.807, 2.05) is 24.3 Å². The lowest BCUT2D eigenvalue weighted by Crippen LogP contribution is -2.02. The molecule has 0 bridgehead atoms. The highest BCUT2D eigenvalue weighted by molar-refractivity contribution is 6.29. The number of aromatic nitrogens is 1. The van der Waals surface area contributed by atoms with E-state index >= 15 is 0 Å². The number of aryl methyl sites for hydroxylation is 2. The van der Waals surface area contributed by atoms with Crippen LogP contribution in [0.4, 0.5) is 5.69 Å². The number of nitrogens with zero attached hydrogens (tertiary/aromatic N) is 1. The lowest BCUT2D eigenvalue weighted by atomic mass is 10.1. The zero-order chi connectivity index (χ0) is 19.2. The number of halogens is 1. The Hall–Kier alpha value is -2.72. The smallest absolute Gasteiger partial charge is 0.161 e. The zero-order valence-electron chi connectivity index (χ0n) is 15.8. The third-order valence-corrected chi connectivity index (χ3v) is 4.64. The van der Waals surface area contributed by atoms with Crippen LogP contribution in [0.15, 0.2) is 54.7 Å². The first-order valence-corrected chi connectivity index (χ1v) is 9.14. The van der Waals surface area contributed by atoms with Crippen molar-refractivity contribution >= 4 is 17.3 Å². The molecule has 5 heteroatoms. The third kappa shape index (κ3) is 5.14. The molecular weight excluding hydrogens is 360 g/mol. The van der Waals surface area contributed by atoms with Gasteiger partial charge in [0.2, 0.25) is 0 Å². The van der Waals surface area contributed by atoms with Crippen LogP contribution in [0.25, 0.3) is 0 Å². The number of hydrogen-bond donors (Lipinski definition) is 1. The minimum atomic E-state index is 0.404. The van der Waals surface area contributed by atoms with Gasteiger partial charge in [-0.1, -0.05) is 29.8 Å². The number of rotatable bonds is 7. The van der Waals surface area contributed by atoms with E-state index in [9.17, 15) is 0 Å². The Labute approximate surface area is 165 Å². The normalized spacial score (nSPS) is 10.5. The molecule has 1 aromatic heterocycles. The zero-order valence-corrected chi connectivity index (χ0v) is 16.5. The summed E-state index contributed by atoms with van der Waals surface area (Å²) in [5.74, 6) is 1.40. The van der Waals surface area contributed by atoms with Crippen molar-refractivity contribution in [1.82, 2.24) is 4.98 Å². The van der Waals surface area contributed by atoms with Gasteiger partial charge < -0.3 is 14.8 Å². The average molecular weight is 383 g/mol. The SMILES string of the molecule is COc1cc(CNc2ccc(C)c(C)c2)ccc1OCc1ccc(Cl)nc1. The molecule has 0 amide bonds. The third-order valence-electron chi connectivity index (χ3n) is 4.41. The van der Waals surface area contributed by atoms with Crippen LogP contribution in [0.3, 0.4) is 0 Å². The van der Waals surface area contributed by atoms with Crippen LogP contribution in [0, 0.1) is 13.8 Å². The van der Waals surface area contributed by atoms with Crippen LogP contribution in [-0.4, -0.2) is 12.1 Å². The molecule has 1 heterocycles. The minimum absolute atomic E-state index is 0.404. The highest BCUT2D eigenvalue weighted by Crippen LogP contribution is 2.29. The van der Waals surface area contributed by atoms with Crippen LogP contribution in [0.1, 0.15) is 22.3 Å². The van der Waals surface area contributed by atoms with E-state index < -0.39 is 0 Å². The fourth-order valence-corrected chi connectivity index (χ4v) is 2.76. The molecule has 0 aliphatic rings. The lowest BCUT2D eigenvalue weighted by Gasteiger charge is -2.13. The Balaban J connectivity index is 1.64. The van der Waals surface area contributed by atoms with Gasteiger partial charge in [-0.2, -0.15) is 0 Å². The molecule has 3 rings (SSSR count). The Morgan fingerprint density at radius 2 is 1.74 bits per heavy atom. The van der Waals surface area contributed by atoms with Crippen LogP contribution in [0.2, 0.25) is 5.15 Å². The molecule has 140 valence electrons. The standard InChI is InChI=1S/C22H23ClN2O2/c1-15-4-7-19(10-16(15)2)24-12-17-5-8-20(21(11-17)26-3)27-14-18-6-9-22(23)25-13-18/h4-11,13,24H,12,14H2,1-3H3. The molecular formula is C22H23ClN2O2. The van der Waals surface area contributed by atoms with Crippen LogP contribution in [-0.2, 0) is 13.2 Å². The van der Waals surface area contributed by atoms with E-state index in [0.717, 1.165) is 16.8 Å². The Bertz CT molecular complexity index is 911. The molecule has 0 saturated heterocycles. The topological polar surface area (TPSA) is 43.4 Å². The summed E-state index contributed by atoms with van der Waals surface area (Å²) in [4.78, 5) is 4.06. The van der Waals surface area contributed by atoms with Crippen molar-refractivity contribution < 1.29 is 9.47 Å². The molecule has 0 aliphatic carbocycles. The molecule has 27 heavy (non-hydrogen) atoms. The van der Waals surface area contributed by atoms with Crippen molar-refractivity contribution in [3.8, 4) is 11.5 Å². The van der Waals surface area contributed by atoms with E-state index in [0.29, 0.717) is 29.8 Å². The van der Waals surface area contributed by atoms with Crippen molar-refractivity contribution in [2.45, 2.75) is 27.0 Å². The summed E-state index contributed by atoms with van der Waals surface area (Å²) in [6.45, 7) is 5.34. The first-order valence-electron chi connectivity index (χ1n) is 8.76. The van der Waals surface area contributed by atoms with Gasteiger partial charge in [-0.15, -0.1) is 0 Å². The number of benzene rings is 2. The van der Waals surface area contributed by atoms with Gasteiger partial charge in [0.15, 0.2) is 11.5 Å². The quantitative estimate of drug-likeness (QED) is 0.544. The highest BCUT2D eigenvalue weighted by Gasteiger charge is 2.07. The Morgan fingerprint density at radius 3 is 2.44 bits per heavy atom. The van der Waals surface area contributed by atoms with Crippen molar-refractivity contribution in [1.29, 1.82) is 0 Å². The van der Waals surface area contributed by atoms with E-state index in [1.165, 1.54) is 11.1 Å². The average Bonchev–Trinajstić information content (AvgIpc) is 2.68. The molecule has 0 saturated carbocycles. The fourth-order valence-electron chi connectivity index (χ4n) is 2.65. The van der Waals surface area contributed by atoms with Crippen molar-refractivity contribution in [2.75, 3.05) is 12.4 Å². The molecule has 3 aromatic rings. The van der Waals surface area contributed by atoms with Gasteiger partial charge in [-0.3, -0.25) is 0 Å². The number of pyridine rings is 1. The number of nitrogens with one attached hydrogen (secondary N) is 1. The van der Waals surface area contributed by atoms with Gasteiger partial charge in [0.25, 0.3) is 0 Å². The van der Waals surface area contributed by atoms with Gasteiger partial charge in [0, 0.05) is 24.0 Å². The molecule has 0 aliphatic heterocycles. The largest absolute Gasteiger partial charge is 0.493 e. The Morgan fingerprint density at radius 1 is 0.926 bits per heavy atom. The maximum atomic E-state index is 5.87. The number of ether oxygens (including phenoxy) is 2. The van der Waals surface area contributed by atoms with Crippen molar-refractivity contribution in [3.05, 3.63) is 82.1 Å². The summed E-state index contributed by atoms with van der Waals surface area (Å²) in [6.07, 6.45) is 1.71. The molecule has 4 nitrogen and oxygen atoms in total. The highest BCUT2D eigenvalue weighted by atomic mass is 35.5. The van der Waals surface area contributed by atoms with E-state index in [-0.39, 0.29) is 0 Å². The summed E-state index contributed by atoms with van der Waals surface area (Å²) in [5.41, 5.74) is 5.73. The van der Waals surface area contributed by atoms with E-state index in [1.54, 1.807) is 19.4 Å². The first kappa shape index (κ1) is 19.1. The van der Waals surface area contributed by atoms with E-state index in [2.05, 4.69) is 42.3 Å². The predicted octanol–water partition coefficient (Wildman–Crippen LogP) is 5.55. The van der Waals surface area contributed by atoms with Crippen LogP contribution in [0.5, 0.6) is 11.5 Å². The summed E-state index contributed by atoms with van der Waals surface area (Å²) in [6, 6.07) is 16.0. The monoisotopic (exact) mass is 382 g/mol. The molecule has 1 N–H and O–H groups in total. The molecule has 0 unspecified atom stereocenters. The molecule has 0 atom stereocenters. The molecule has 0 spiro atoms. The second kappa shape index (κ2) is 8.78. The van der Waals surface area contributed by atoms with Crippen LogP contribution < -0.4 is 14.8 Å². The van der Waals surface area contributed by atoms with Gasteiger partial charge >= 0.3 is 0 Å². The maximum absolute atomic E-state index is 5.87. The fraction of sp³-hybridized carbons (Fsp3) is 0.227. The van der Waals surface area contributed by atoms with Gasteiger partial charge in [0.05, 0.1) is 7.11 Å². The minimum Gasteiger partial charge on any atom is -0.493 e. The van der Waals surface area contributed by atoms with Crippen LogP contribution >= 0.6 is 11.6 Å². The van der Waals surface area contributed by atoms with Crippen molar-refractivity contribution in [3.63, 3.8) is 0 Å². The second-order valence-electron chi connectivity index (χ2n) is 6.42. The van der Waals surface area contributed by atoms with Gasteiger partial charge in [0.1, 0.15) is 11.8 Å². The van der Waals surface area contributed by atoms with Crippen molar-refractivity contribution in [2.24, 2.45) is 0 Å². The number of methoxy groups -OCH3 is 1. The first-order chi connectivity index (χ1) is 13.0. The Kier molecular flexibility index (Phi) is 6.20. The molecule has 0 fully saturated rings. The van der Waals surface area contributed by atoms with E-state index in [4.69, 9.17) is 21.1 Å².